The molecule has 2 aromatic rings. The molecule has 15 heteroatoms. The van der Waals surface area contributed by atoms with Crippen LogP contribution < -0.4 is 20.7 Å². The first kappa shape index (κ1) is 44.0. The van der Waals surface area contributed by atoms with Crippen molar-refractivity contribution < 1.29 is 48.7 Å². The SMILES string of the molecule is CN(C(=O)O)[C@H](C(=O)N[C@@H](Cc1ccc(OCC(=O)N2CCOCC2)cc1)[C@H](O)CNC[C@@H](O)[C@H](Cc1ccccc1)NC(=O)OC(C)(C)C)C(C)(C)C. The van der Waals surface area contributed by atoms with E-state index in [1.54, 1.807) is 70.7 Å². The third kappa shape index (κ3) is 14.8. The lowest BCUT2D eigenvalue weighted by Crippen LogP contribution is -2.58. The first-order valence-corrected chi connectivity index (χ1v) is 18.3. The van der Waals surface area contributed by atoms with E-state index in [9.17, 15) is 34.5 Å². The Hall–Kier alpha value is -4.44. The highest BCUT2D eigenvalue weighted by atomic mass is 16.6. The lowest BCUT2D eigenvalue weighted by atomic mass is 9.85. The Morgan fingerprint density at radius 1 is 0.833 bits per heavy atom. The molecule has 0 aromatic heterocycles. The van der Waals surface area contributed by atoms with Gasteiger partial charge in [0.15, 0.2) is 6.61 Å². The van der Waals surface area contributed by atoms with Crippen LogP contribution in [0.5, 0.6) is 5.75 Å². The molecule has 1 heterocycles. The number of carboxylic acid groups (broad SMARTS) is 1. The molecule has 0 saturated carbocycles. The summed E-state index contributed by atoms with van der Waals surface area (Å²) in [5.74, 6) is -0.252. The van der Waals surface area contributed by atoms with Crippen molar-refractivity contribution in [1.29, 1.82) is 0 Å². The van der Waals surface area contributed by atoms with Crippen LogP contribution in [0.1, 0.15) is 52.7 Å². The molecule has 54 heavy (non-hydrogen) atoms. The minimum absolute atomic E-state index is 0.0212. The zero-order valence-corrected chi connectivity index (χ0v) is 32.5. The molecule has 3 rings (SSSR count). The molecule has 5 atom stereocenters. The van der Waals surface area contributed by atoms with E-state index >= 15 is 0 Å². The molecule has 6 N–H and O–H groups in total. The van der Waals surface area contributed by atoms with E-state index in [4.69, 9.17) is 14.2 Å². The largest absolute Gasteiger partial charge is 0.484 e. The van der Waals surface area contributed by atoms with Crippen molar-refractivity contribution in [3.8, 4) is 5.75 Å². The molecule has 15 nitrogen and oxygen atoms in total. The topological polar surface area (TPSA) is 199 Å². The van der Waals surface area contributed by atoms with Crippen molar-refractivity contribution in [2.24, 2.45) is 5.41 Å². The molecule has 0 bridgehead atoms. The van der Waals surface area contributed by atoms with Gasteiger partial charge in [0.2, 0.25) is 5.91 Å². The highest BCUT2D eigenvalue weighted by Gasteiger charge is 2.39. The first-order valence-electron chi connectivity index (χ1n) is 18.3. The summed E-state index contributed by atoms with van der Waals surface area (Å²) in [4.78, 5) is 53.4. The van der Waals surface area contributed by atoms with Crippen LogP contribution in [0, 0.1) is 5.41 Å². The molecule has 0 spiro atoms. The molecule has 0 unspecified atom stereocenters. The number of hydrogen-bond donors (Lipinski definition) is 6. The van der Waals surface area contributed by atoms with Crippen molar-refractivity contribution in [3.63, 3.8) is 0 Å². The molecular formula is C39H59N5O10. The van der Waals surface area contributed by atoms with Crippen LogP contribution in [0.25, 0.3) is 0 Å². The van der Waals surface area contributed by atoms with Gasteiger partial charge < -0.3 is 50.4 Å². The number of hydrogen-bond acceptors (Lipinski definition) is 10. The number of alkyl carbamates (subject to hydrolysis) is 1. The lowest BCUT2D eigenvalue weighted by molar-refractivity contribution is -0.137. The number of nitrogens with zero attached hydrogens (tertiary/aromatic N) is 2. The van der Waals surface area contributed by atoms with Gasteiger partial charge in [-0.2, -0.15) is 0 Å². The number of morpholine rings is 1. The van der Waals surface area contributed by atoms with Gasteiger partial charge >= 0.3 is 12.2 Å². The number of rotatable bonds is 17. The van der Waals surface area contributed by atoms with Crippen molar-refractivity contribution in [2.45, 2.75) is 90.3 Å². The predicted molar refractivity (Wildman–Crippen MR) is 202 cm³/mol. The van der Waals surface area contributed by atoms with Gasteiger partial charge in [0.25, 0.3) is 5.91 Å². The van der Waals surface area contributed by atoms with Crippen LogP contribution in [-0.4, -0.2) is 138 Å². The van der Waals surface area contributed by atoms with Gasteiger partial charge in [0.1, 0.15) is 17.4 Å². The normalized spacial score (nSPS) is 16.3. The molecule has 1 aliphatic rings. The number of carbonyl (C=O) groups is 4. The Kier molecular flexibility index (Phi) is 16.5. The summed E-state index contributed by atoms with van der Waals surface area (Å²) in [7, 11) is 1.33. The van der Waals surface area contributed by atoms with E-state index in [0.717, 1.165) is 16.0 Å². The molecule has 4 amide bonds. The van der Waals surface area contributed by atoms with Crippen molar-refractivity contribution >= 4 is 24.0 Å². The van der Waals surface area contributed by atoms with E-state index < -0.39 is 59.4 Å². The van der Waals surface area contributed by atoms with Crippen molar-refractivity contribution in [1.82, 2.24) is 25.8 Å². The molecular weight excluding hydrogens is 698 g/mol. The van der Waals surface area contributed by atoms with Crippen LogP contribution in [-0.2, 0) is 31.9 Å². The van der Waals surface area contributed by atoms with Crippen LogP contribution in [0.15, 0.2) is 54.6 Å². The minimum Gasteiger partial charge on any atom is -0.484 e. The Balaban J connectivity index is 1.73. The summed E-state index contributed by atoms with van der Waals surface area (Å²) in [6.07, 6.45) is -3.75. The van der Waals surface area contributed by atoms with Gasteiger partial charge in [0, 0.05) is 33.2 Å². The molecule has 1 fully saturated rings. The average Bonchev–Trinajstić information content (AvgIpc) is 3.09. The fourth-order valence-electron chi connectivity index (χ4n) is 6.10. The van der Waals surface area contributed by atoms with Crippen LogP contribution in [0.3, 0.4) is 0 Å². The number of aliphatic hydroxyl groups is 2. The minimum atomic E-state index is -1.27. The van der Waals surface area contributed by atoms with Crippen LogP contribution in [0.2, 0.25) is 0 Å². The third-order valence-corrected chi connectivity index (χ3v) is 8.83. The highest BCUT2D eigenvalue weighted by molar-refractivity contribution is 5.86. The molecule has 0 aliphatic carbocycles. The summed E-state index contributed by atoms with van der Waals surface area (Å²) in [6, 6.07) is 13.6. The van der Waals surface area contributed by atoms with E-state index in [2.05, 4.69) is 16.0 Å². The Morgan fingerprint density at radius 2 is 1.37 bits per heavy atom. The van der Waals surface area contributed by atoms with E-state index in [1.807, 2.05) is 30.3 Å². The van der Waals surface area contributed by atoms with Gasteiger partial charge in [-0.1, -0.05) is 63.2 Å². The fraction of sp³-hybridized carbons (Fsp3) is 0.590. The lowest BCUT2D eigenvalue weighted by Gasteiger charge is -2.37. The van der Waals surface area contributed by atoms with Gasteiger partial charge in [-0.3, -0.25) is 14.5 Å². The molecule has 0 radical (unpaired) electrons. The van der Waals surface area contributed by atoms with Crippen molar-refractivity contribution in [2.75, 3.05) is 53.0 Å². The zero-order chi connectivity index (χ0) is 40.1. The second-order valence-electron chi connectivity index (χ2n) is 15.6. The Bertz CT molecular complexity index is 1490. The highest BCUT2D eigenvalue weighted by Crippen LogP contribution is 2.25. The maximum Gasteiger partial charge on any atom is 0.407 e. The van der Waals surface area contributed by atoms with E-state index in [1.165, 1.54) is 7.05 Å². The standard InChI is InChI=1S/C39H59N5O10/c1-38(2,3)34(43(7)37(50)51)35(48)41-29(22-27-13-15-28(16-14-27)53-25-33(47)44-17-19-52-20-18-44)31(45)23-40-24-32(46)30(21-26-11-9-8-10-12-26)42-36(49)54-39(4,5)6/h8-16,29-32,34,40,45-46H,17-25H2,1-7H3,(H,41,48)(H,42,49)(H,50,51)/t29-,30-,31+,32+,34+/m0/s1. The second kappa shape index (κ2) is 20.3. The third-order valence-electron chi connectivity index (χ3n) is 8.83. The molecule has 1 saturated heterocycles. The van der Waals surface area contributed by atoms with E-state index in [-0.39, 0.29) is 32.0 Å². The summed E-state index contributed by atoms with van der Waals surface area (Å²) in [5.41, 5.74) is 0.103. The smallest absolute Gasteiger partial charge is 0.407 e. The van der Waals surface area contributed by atoms with E-state index in [0.29, 0.717) is 38.5 Å². The summed E-state index contributed by atoms with van der Waals surface area (Å²) >= 11 is 0. The van der Waals surface area contributed by atoms with Crippen LogP contribution in [0.4, 0.5) is 9.59 Å². The maximum absolute atomic E-state index is 13.7. The number of carbonyl (C=O) groups excluding carboxylic acids is 3. The monoisotopic (exact) mass is 757 g/mol. The number of aliphatic hydroxyl groups excluding tert-OH is 2. The summed E-state index contributed by atoms with van der Waals surface area (Å²) in [5, 5.41) is 41.1. The quantitative estimate of drug-likeness (QED) is 0.139. The van der Waals surface area contributed by atoms with Crippen molar-refractivity contribution in [3.05, 3.63) is 65.7 Å². The number of ether oxygens (including phenoxy) is 3. The fourth-order valence-corrected chi connectivity index (χ4v) is 6.10. The summed E-state index contributed by atoms with van der Waals surface area (Å²) in [6.45, 7) is 12.3. The Morgan fingerprint density at radius 3 is 1.89 bits per heavy atom. The number of nitrogens with one attached hydrogen (secondary N) is 3. The molecule has 1 aliphatic heterocycles. The Labute approximate surface area is 318 Å². The second-order valence-corrected chi connectivity index (χ2v) is 15.6. The summed E-state index contributed by atoms with van der Waals surface area (Å²) < 4.78 is 16.4. The first-order chi connectivity index (χ1) is 25.3. The molecule has 300 valence electrons. The molecule has 2 aromatic carbocycles. The predicted octanol–water partition coefficient (Wildman–Crippen LogP) is 2.42. The number of amides is 4. The number of likely N-dealkylation sites (N-methyl/N-ethyl adjacent to an activating group) is 1. The average molecular weight is 758 g/mol. The van der Waals surface area contributed by atoms with Gasteiger partial charge in [0.05, 0.1) is 37.5 Å². The van der Waals surface area contributed by atoms with Gasteiger partial charge in [-0.15, -0.1) is 0 Å². The number of benzene rings is 2. The maximum atomic E-state index is 13.7. The van der Waals surface area contributed by atoms with Gasteiger partial charge in [-0.25, -0.2) is 9.59 Å². The zero-order valence-electron chi connectivity index (χ0n) is 32.5. The van der Waals surface area contributed by atoms with Gasteiger partial charge in [-0.05, 0) is 62.3 Å². The van der Waals surface area contributed by atoms with Crippen LogP contribution >= 0.6 is 0 Å².